The number of carbonyl (C=O) groups is 1. The van der Waals surface area contributed by atoms with Crippen molar-refractivity contribution in [2.75, 3.05) is 0 Å². The third-order valence-corrected chi connectivity index (χ3v) is 2.46. The molecule has 0 aromatic rings. The zero-order valence-electron chi connectivity index (χ0n) is 6.31. The predicted molar refractivity (Wildman–Crippen MR) is 38.5 cm³/mol. The van der Waals surface area contributed by atoms with Crippen molar-refractivity contribution in [2.45, 2.75) is 38.6 Å². The molecule has 2 aliphatic rings. The van der Waals surface area contributed by atoms with Crippen molar-refractivity contribution in [3.8, 4) is 0 Å². The van der Waals surface area contributed by atoms with Gasteiger partial charge in [-0.05, 0) is 25.7 Å². The fraction of sp³-hybridized carbons (Fsp3) is 0.875. The van der Waals surface area contributed by atoms with Crippen LogP contribution < -0.4 is 5.32 Å². The molecule has 1 amide bonds. The minimum absolute atomic E-state index is 0.0303. The molecule has 56 valence electrons. The summed E-state index contributed by atoms with van der Waals surface area (Å²) in [6.45, 7) is 2.05. The molecule has 0 aromatic carbocycles. The average Bonchev–Trinajstić information content (AvgIpc) is 2.67. The molecule has 2 rings (SSSR count). The summed E-state index contributed by atoms with van der Waals surface area (Å²) in [5.74, 6) is 0.287. The van der Waals surface area contributed by atoms with Crippen LogP contribution in [0.4, 0.5) is 0 Å². The molecule has 0 atom stereocenters. The molecule has 0 unspecified atom stereocenters. The number of amides is 1. The Hall–Kier alpha value is -0.530. The number of hydrogen-bond donors (Lipinski definition) is 1. The van der Waals surface area contributed by atoms with E-state index in [4.69, 9.17) is 0 Å². The van der Waals surface area contributed by atoms with Gasteiger partial charge in [0.05, 0.1) is 0 Å². The molecule has 0 bridgehead atoms. The van der Waals surface area contributed by atoms with Gasteiger partial charge in [-0.2, -0.15) is 0 Å². The van der Waals surface area contributed by atoms with Gasteiger partial charge in [0.2, 0.25) is 5.91 Å². The van der Waals surface area contributed by atoms with Crippen molar-refractivity contribution in [3.05, 3.63) is 0 Å². The second-order valence-electron chi connectivity index (χ2n) is 3.81. The molecule has 0 aromatic heterocycles. The molecule has 0 aliphatic heterocycles. The van der Waals surface area contributed by atoms with Crippen molar-refractivity contribution in [2.24, 2.45) is 5.41 Å². The summed E-state index contributed by atoms with van der Waals surface area (Å²) < 4.78 is 0. The summed E-state index contributed by atoms with van der Waals surface area (Å²) in [6, 6.07) is 0.532. The number of rotatable bonds is 2. The summed E-state index contributed by atoms with van der Waals surface area (Å²) in [5.41, 5.74) is 0.0303. The Balaban J connectivity index is 1.85. The molecule has 2 heteroatoms. The highest BCUT2D eigenvalue weighted by atomic mass is 16.2. The molecule has 2 nitrogen and oxygen atoms in total. The Morgan fingerprint density at radius 1 is 1.50 bits per heavy atom. The van der Waals surface area contributed by atoms with Crippen LogP contribution in [0, 0.1) is 5.41 Å². The summed E-state index contributed by atoms with van der Waals surface area (Å²) in [4.78, 5) is 11.3. The van der Waals surface area contributed by atoms with Gasteiger partial charge in [0.1, 0.15) is 0 Å². The second kappa shape index (κ2) is 1.74. The lowest BCUT2D eigenvalue weighted by atomic mass is 10.1. The van der Waals surface area contributed by atoms with Gasteiger partial charge in [-0.1, -0.05) is 6.92 Å². The average molecular weight is 139 g/mol. The van der Waals surface area contributed by atoms with E-state index >= 15 is 0 Å². The smallest absolute Gasteiger partial charge is 0.226 e. The molecular formula is C8H13NO. The molecule has 0 heterocycles. The highest BCUT2D eigenvalue weighted by molar-refractivity contribution is 5.85. The van der Waals surface area contributed by atoms with Crippen LogP contribution >= 0.6 is 0 Å². The normalized spacial score (nSPS) is 27.7. The number of carbonyl (C=O) groups excluding carboxylic acids is 1. The summed E-state index contributed by atoms with van der Waals surface area (Å²) >= 11 is 0. The molecule has 2 saturated carbocycles. The highest BCUT2D eigenvalue weighted by Crippen LogP contribution is 2.45. The van der Waals surface area contributed by atoms with Crippen LogP contribution in [0.5, 0.6) is 0 Å². The maximum atomic E-state index is 11.3. The summed E-state index contributed by atoms with van der Waals surface area (Å²) in [7, 11) is 0. The number of nitrogens with one attached hydrogen (secondary N) is 1. The second-order valence-corrected chi connectivity index (χ2v) is 3.81. The zero-order chi connectivity index (χ0) is 7.19. The van der Waals surface area contributed by atoms with Gasteiger partial charge >= 0.3 is 0 Å². The van der Waals surface area contributed by atoms with Gasteiger partial charge in [0.15, 0.2) is 0 Å². The van der Waals surface area contributed by atoms with Crippen LogP contribution in [0.3, 0.4) is 0 Å². The number of hydrogen-bond acceptors (Lipinski definition) is 1. The monoisotopic (exact) mass is 139 g/mol. The lowest BCUT2D eigenvalue weighted by molar-refractivity contribution is -0.125. The zero-order valence-corrected chi connectivity index (χ0v) is 6.31. The van der Waals surface area contributed by atoms with Crippen LogP contribution in [-0.2, 0) is 4.79 Å². The fourth-order valence-corrected chi connectivity index (χ4v) is 1.00. The fourth-order valence-electron chi connectivity index (χ4n) is 1.00. The van der Waals surface area contributed by atoms with E-state index in [-0.39, 0.29) is 11.3 Å². The van der Waals surface area contributed by atoms with E-state index in [0.717, 1.165) is 12.8 Å². The lowest BCUT2D eigenvalue weighted by Gasteiger charge is -2.07. The van der Waals surface area contributed by atoms with Gasteiger partial charge in [-0.3, -0.25) is 4.79 Å². The van der Waals surface area contributed by atoms with Crippen LogP contribution in [-0.4, -0.2) is 11.9 Å². The first-order valence-corrected chi connectivity index (χ1v) is 4.02. The first-order chi connectivity index (χ1) is 4.71. The van der Waals surface area contributed by atoms with E-state index in [1.54, 1.807) is 0 Å². The molecule has 0 saturated heterocycles. The Kier molecular flexibility index (Phi) is 1.08. The summed E-state index contributed by atoms with van der Waals surface area (Å²) in [5, 5.41) is 3.02. The van der Waals surface area contributed by atoms with E-state index < -0.39 is 0 Å². The van der Waals surface area contributed by atoms with Gasteiger partial charge in [-0.25, -0.2) is 0 Å². The van der Waals surface area contributed by atoms with Crippen molar-refractivity contribution in [3.63, 3.8) is 0 Å². The predicted octanol–water partition coefficient (Wildman–Crippen LogP) is 1.07. The maximum absolute atomic E-state index is 11.3. The van der Waals surface area contributed by atoms with Crippen molar-refractivity contribution in [1.82, 2.24) is 5.32 Å². The van der Waals surface area contributed by atoms with Gasteiger partial charge in [-0.15, -0.1) is 0 Å². The van der Waals surface area contributed by atoms with Crippen molar-refractivity contribution >= 4 is 5.91 Å². The van der Waals surface area contributed by atoms with E-state index in [9.17, 15) is 4.79 Å². The first-order valence-electron chi connectivity index (χ1n) is 4.02. The Labute approximate surface area is 61.0 Å². The van der Waals surface area contributed by atoms with E-state index in [1.807, 2.05) is 6.92 Å². The molecular weight excluding hydrogens is 126 g/mol. The Morgan fingerprint density at radius 3 is 2.50 bits per heavy atom. The SMILES string of the molecule is CC1(C(=O)NC2CC2)CC1. The molecule has 1 N–H and O–H groups in total. The third-order valence-electron chi connectivity index (χ3n) is 2.46. The van der Waals surface area contributed by atoms with E-state index in [2.05, 4.69) is 5.32 Å². The van der Waals surface area contributed by atoms with Gasteiger partial charge in [0.25, 0.3) is 0 Å². The molecule has 10 heavy (non-hydrogen) atoms. The lowest BCUT2D eigenvalue weighted by Crippen LogP contribution is -2.31. The molecule has 2 aliphatic carbocycles. The Morgan fingerprint density at radius 2 is 2.10 bits per heavy atom. The highest BCUT2D eigenvalue weighted by Gasteiger charge is 2.46. The van der Waals surface area contributed by atoms with Gasteiger partial charge in [0, 0.05) is 11.5 Å². The quantitative estimate of drug-likeness (QED) is 0.609. The minimum Gasteiger partial charge on any atom is -0.353 e. The topological polar surface area (TPSA) is 29.1 Å². The van der Waals surface area contributed by atoms with Crippen LogP contribution in [0.15, 0.2) is 0 Å². The third kappa shape index (κ3) is 1.02. The minimum atomic E-state index is 0.0303. The molecule has 0 spiro atoms. The largest absolute Gasteiger partial charge is 0.353 e. The van der Waals surface area contributed by atoms with Crippen molar-refractivity contribution < 1.29 is 4.79 Å². The maximum Gasteiger partial charge on any atom is 0.226 e. The van der Waals surface area contributed by atoms with Crippen molar-refractivity contribution in [1.29, 1.82) is 0 Å². The standard InChI is InChI=1S/C8H13NO/c1-8(4-5-8)7(10)9-6-2-3-6/h6H,2-5H2,1H3,(H,9,10). The van der Waals surface area contributed by atoms with E-state index in [1.165, 1.54) is 12.8 Å². The summed E-state index contributed by atoms with van der Waals surface area (Å²) in [6.07, 6.45) is 4.57. The van der Waals surface area contributed by atoms with E-state index in [0.29, 0.717) is 6.04 Å². The molecule has 0 radical (unpaired) electrons. The van der Waals surface area contributed by atoms with Crippen LogP contribution in [0.25, 0.3) is 0 Å². The van der Waals surface area contributed by atoms with Crippen LogP contribution in [0.1, 0.15) is 32.6 Å². The molecule has 2 fully saturated rings. The van der Waals surface area contributed by atoms with Gasteiger partial charge < -0.3 is 5.32 Å². The Bertz CT molecular complexity index is 168. The van der Waals surface area contributed by atoms with Crippen LogP contribution in [0.2, 0.25) is 0 Å². The first kappa shape index (κ1) is 6.20.